The van der Waals surface area contributed by atoms with Crippen molar-refractivity contribution in [2.24, 2.45) is 0 Å². The van der Waals surface area contributed by atoms with Gasteiger partial charge in [0, 0.05) is 11.6 Å². The van der Waals surface area contributed by atoms with Crippen LogP contribution in [0.1, 0.15) is 31.4 Å². The van der Waals surface area contributed by atoms with E-state index in [1.54, 1.807) is 7.05 Å². The number of ether oxygens (including phenoxy) is 1. The third kappa shape index (κ3) is 3.70. The monoisotopic (exact) mass is 255 g/mol. The lowest BCUT2D eigenvalue weighted by atomic mass is 10.1. The molecule has 0 radical (unpaired) electrons. The lowest BCUT2D eigenvalue weighted by molar-refractivity contribution is -0.146. The van der Waals surface area contributed by atoms with Crippen molar-refractivity contribution < 1.29 is 19.0 Å². The van der Waals surface area contributed by atoms with Gasteiger partial charge in [-0.3, -0.25) is 0 Å². The van der Waals surface area contributed by atoms with Gasteiger partial charge in [-0.25, -0.2) is 9.18 Å². The first-order chi connectivity index (χ1) is 8.60. The van der Waals surface area contributed by atoms with Crippen LogP contribution >= 0.6 is 0 Å². The van der Waals surface area contributed by atoms with Crippen LogP contribution < -0.4 is 5.32 Å². The SMILES string of the molecule is CCCCOC(=O)C(NC)c1ccc(O)cc1F. The first-order valence-corrected chi connectivity index (χ1v) is 5.92. The topological polar surface area (TPSA) is 58.6 Å². The number of phenolic OH excluding ortho intramolecular Hbond substituents is 1. The van der Waals surface area contributed by atoms with Gasteiger partial charge in [-0.05, 0) is 19.5 Å². The van der Waals surface area contributed by atoms with Crippen molar-refractivity contribution >= 4 is 5.97 Å². The van der Waals surface area contributed by atoms with Crippen LogP contribution in [0.25, 0.3) is 0 Å². The van der Waals surface area contributed by atoms with Crippen LogP contribution in [-0.4, -0.2) is 24.7 Å². The molecule has 1 unspecified atom stereocenters. The van der Waals surface area contributed by atoms with Crippen LogP contribution in [0.2, 0.25) is 0 Å². The maximum atomic E-state index is 13.6. The normalized spacial score (nSPS) is 12.2. The molecule has 0 aliphatic rings. The largest absolute Gasteiger partial charge is 0.508 e. The van der Waals surface area contributed by atoms with E-state index in [1.165, 1.54) is 12.1 Å². The van der Waals surface area contributed by atoms with E-state index in [-0.39, 0.29) is 11.3 Å². The van der Waals surface area contributed by atoms with Gasteiger partial charge in [0.1, 0.15) is 17.6 Å². The number of halogens is 1. The number of carbonyl (C=O) groups is 1. The molecule has 1 aromatic carbocycles. The van der Waals surface area contributed by atoms with Crippen molar-refractivity contribution in [1.29, 1.82) is 0 Å². The molecule has 18 heavy (non-hydrogen) atoms. The number of rotatable bonds is 6. The molecule has 2 N–H and O–H groups in total. The third-order valence-electron chi connectivity index (χ3n) is 2.56. The summed E-state index contributed by atoms with van der Waals surface area (Å²) in [5, 5.41) is 11.8. The highest BCUT2D eigenvalue weighted by Crippen LogP contribution is 2.22. The first kappa shape index (κ1) is 14.4. The minimum Gasteiger partial charge on any atom is -0.508 e. The Hall–Kier alpha value is -1.62. The number of hydrogen-bond acceptors (Lipinski definition) is 4. The first-order valence-electron chi connectivity index (χ1n) is 5.92. The van der Waals surface area contributed by atoms with E-state index in [0.717, 1.165) is 18.9 Å². The number of aromatic hydroxyl groups is 1. The van der Waals surface area contributed by atoms with E-state index in [1.807, 2.05) is 6.92 Å². The van der Waals surface area contributed by atoms with Crippen molar-refractivity contribution in [2.45, 2.75) is 25.8 Å². The van der Waals surface area contributed by atoms with Crippen LogP contribution in [-0.2, 0) is 9.53 Å². The van der Waals surface area contributed by atoms with Crippen molar-refractivity contribution in [3.05, 3.63) is 29.6 Å². The highest BCUT2D eigenvalue weighted by Gasteiger charge is 2.23. The van der Waals surface area contributed by atoms with Gasteiger partial charge in [-0.15, -0.1) is 0 Å². The molecule has 0 aliphatic carbocycles. The maximum Gasteiger partial charge on any atom is 0.327 e. The van der Waals surface area contributed by atoms with Gasteiger partial charge in [0.15, 0.2) is 0 Å². The maximum absolute atomic E-state index is 13.6. The third-order valence-corrected chi connectivity index (χ3v) is 2.56. The summed E-state index contributed by atoms with van der Waals surface area (Å²) in [4.78, 5) is 11.8. The fourth-order valence-electron chi connectivity index (χ4n) is 1.55. The predicted octanol–water partition coefficient (Wildman–Crippen LogP) is 2.14. The summed E-state index contributed by atoms with van der Waals surface area (Å²) in [5.41, 5.74) is 0.164. The molecular weight excluding hydrogens is 237 g/mol. The highest BCUT2D eigenvalue weighted by molar-refractivity contribution is 5.77. The minimum atomic E-state index is -0.859. The second-order valence-corrected chi connectivity index (χ2v) is 3.95. The van der Waals surface area contributed by atoms with Crippen LogP contribution in [0.4, 0.5) is 4.39 Å². The van der Waals surface area contributed by atoms with Gasteiger partial charge in [0.25, 0.3) is 0 Å². The summed E-state index contributed by atoms with van der Waals surface area (Å²) in [7, 11) is 1.55. The van der Waals surface area contributed by atoms with Crippen molar-refractivity contribution in [2.75, 3.05) is 13.7 Å². The fourth-order valence-corrected chi connectivity index (χ4v) is 1.55. The Morgan fingerprint density at radius 3 is 2.83 bits per heavy atom. The zero-order valence-electron chi connectivity index (χ0n) is 10.6. The van der Waals surface area contributed by atoms with Crippen LogP contribution in [0.15, 0.2) is 18.2 Å². The number of nitrogens with one attached hydrogen (secondary N) is 1. The summed E-state index contributed by atoms with van der Waals surface area (Å²) in [6, 6.07) is 2.82. The summed E-state index contributed by atoms with van der Waals surface area (Å²) in [5.74, 6) is -1.33. The zero-order valence-corrected chi connectivity index (χ0v) is 10.6. The molecule has 0 saturated heterocycles. The van der Waals surface area contributed by atoms with Gasteiger partial charge in [0.05, 0.1) is 6.61 Å². The Morgan fingerprint density at radius 2 is 2.28 bits per heavy atom. The second-order valence-electron chi connectivity index (χ2n) is 3.95. The Morgan fingerprint density at radius 1 is 1.56 bits per heavy atom. The number of hydrogen-bond donors (Lipinski definition) is 2. The van der Waals surface area contributed by atoms with Gasteiger partial charge < -0.3 is 15.2 Å². The van der Waals surface area contributed by atoms with E-state index >= 15 is 0 Å². The predicted molar refractivity (Wildman–Crippen MR) is 65.7 cm³/mol. The lowest BCUT2D eigenvalue weighted by Crippen LogP contribution is -2.28. The number of benzene rings is 1. The molecule has 1 atom stereocenters. The molecule has 5 heteroatoms. The zero-order chi connectivity index (χ0) is 13.5. The Labute approximate surface area is 106 Å². The summed E-state index contributed by atoms with van der Waals surface area (Å²) in [6.45, 7) is 2.32. The molecular formula is C13H18FNO3. The molecule has 1 aromatic rings. The second kappa shape index (κ2) is 6.96. The van der Waals surface area contributed by atoms with Crippen molar-refractivity contribution in [3.8, 4) is 5.75 Å². The Kier molecular flexibility index (Phi) is 5.58. The molecule has 100 valence electrons. The van der Waals surface area contributed by atoms with Gasteiger partial charge in [-0.2, -0.15) is 0 Å². The average Bonchev–Trinajstić information content (AvgIpc) is 2.33. The standard InChI is InChI=1S/C13H18FNO3/c1-3-4-7-18-13(17)12(15-2)10-6-5-9(16)8-11(10)14/h5-6,8,12,15-16H,3-4,7H2,1-2H3. The van der Waals surface area contributed by atoms with Gasteiger partial charge >= 0.3 is 5.97 Å². The molecule has 0 saturated carbocycles. The molecule has 0 aromatic heterocycles. The fraction of sp³-hybridized carbons (Fsp3) is 0.462. The number of esters is 1. The number of carbonyl (C=O) groups excluding carboxylic acids is 1. The van der Waals surface area contributed by atoms with Crippen LogP contribution in [0, 0.1) is 5.82 Å². The molecule has 0 heterocycles. The van der Waals surface area contributed by atoms with E-state index in [0.29, 0.717) is 6.61 Å². The molecule has 0 aliphatic heterocycles. The summed E-state index contributed by atoms with van der Waals surface area (Å²) in [6.07, 6.45) is 1.70. The van der Waals surface area contributed by atoms with Crippen molar-refractivity contribution in [3.63, 3.8) is 0 Å². The van der Waals surface area contributed by atoms with Gasteiger partial charge in [0.2, 0.25) is 0 Å². The quantitative estimate of drug-likeness (QED) is 0.604. The average molecular weight is 255 g/mol. The van der Waals surface area contributed by atoms with Crippen molar-refractivity contribution in [1.82, 2.24) is 5.32 Å². The molecule has 0 fully saturated rings. The summed E-state index contributed by atoms with van der Waals surface area (Å²) < 4.78 is 18.7. The van der Waals surface area contributed by atoms with Crippen LogP contribution in [0.5, 0.6) is 5.75 Å². The lowest BCUT2D eigenvalue weighted by Gasteiger charge is -2.16. The van der Waals surface area contributed by atoms with E-state index < -0.39 is 17.8 Å². The molecule has 0 spiro atoms. The number of likely N-dealkylation sites (N-methyl/N-ethyl adjacent to an activating group) is 1. The Balaban J connectivity index is 2.78. The number of phenols is 1. The summed E-state index contributed by atoms with van der Waals surface area (Å²) >= 11 is 0. The molecule has 0 bridgehead atoms. The molecule has 4 nitrogen and oxygen atoms in total. The van der Waals surface area contributed by atoms with Crippen LogP contribution in [0.3, 0.4) is 0 Å². The highest BCUT2D eigenvalue weighted by atomic mass is 19.1. The number of unbranched alkanes of at least 4 members (excludes halogenated alkanes) is 1. The smallest absolute Gasteiger partial charge is 0.327 e. The van der Waals surface area contributed by atoms with E-state index in [9.17, 15) is 9.18 Å². The molecule has 0 amide bonds. The Bertz CT molecular complexity index is 409. The minimum absolute atomic E-state index is 0.164. The van der Waals surface area contributed by atoms with E-state index in [4.69, 9.17) is 9.84 Å². The van der Waals surface area contributed by atoms with E-state index in [2.05, 4.69) is 5.32 Å². The van der Waals surface area contributed by atoms with Gasteiger partial charge in [-0.1, -0.05) is 19.4 Å². The molecule has 1 rings (SSSR count).